The van der Waals surface area contributed by atoms with Crippen molar-refractivity contribution < 1.29 is 9.84 Å². The van der Waals surface area contributed by atoms with Gasteiger partial charge in [-0.25, -0.2) is 0 Å². The zero-order valence-corrected chi connectivity index (χ0v) is 12.7. The SMILES string of the molecule is CCCN(CCO)c1nc(NC)nc(N2CCOCC2)n1. The maximum atomic E-state index is 9.21. The van der Waals surface area contributed by atoms with Gasteiger partial charge in [0.15, 0.2) is 0 Å². The second kappa shape index (κ2) is 7.94. The molecule has 0 aromatic carbocycles. The summed E-state index contributed by atoms with van der Waals surface area (Å²) in [5.74, 6) is 1.80. The summed E-state index contributed by atoms with van der Waals surface area (Å²) >= 11 is 0. The van der Waals surface area contributed by atoms with E-state index in [1.54, 1.807) is 7.05 Å². The van der Waals surface area contributed by atoms with Crippen molar-refractivity contribution in [2.45, 2.75) is 13.3 Å². The number of aliphatic hydroxyl groups is 1. The molecule has 1 aromatic heterocycles. The molecule has 8 heteroatoms. The Hall–Kier alpha value is -1.67. The first-order valence-electron chi connectivity index (χ1n) is 7.40. The molecule has 0 aliphatic carbocycles. The van der Waals surface area contributed by atoms with Crippen molar-refractivity contribution >= 4 is 17.8 Å². The third-order valence-corrected chi connectivity index (χ3v) is 3.28. The van der Waals surface area contributed by atoms with Crippen LogP contribution in [-0.2, 0) is 4.74 Å². The molecule has 1 aliphatic heterocycles. The molecule has 2 N–H and O–H groups in total. The molecule has 0 bridgehead atoms. The fourth-order valence-electron chi connectivity index (χ4n) is 2.21. The van der Waals surface area contributed by atoms with Gasteiger partial charge in [-0.2, -0.15) is 15.0 Å². The molecule has 0 radical (unpaired) electrons. The molecule has 0 saturated carbocycles. The summed E-state index contributed by atoms with van der Waals surface area (Å²) in [6.45, 7) is 6.41. The van der Waals surface area contributed by atoms with Gasteiger partial charge in [0.25, 0.3) is 0 Å². The van der Waals surface area contributed by atoms with Crippen LogP contribution in [0.4, 0.5) is 17.8 Å². The number of aliphatic hydroxyl groups excluding tert-OH is 1. The summed E-state index contributed by atoms with van der Waals surface area (Å²) in [6, 6.07) is 0. The smallest absolute Gasteiger partial charge is 0.232 e. The number of morpholine rings is 1. The third kappa shape index (κ3) is 4.15. The number of ether oxygens (including phenoxy) is 1. The molecule has 8 nitrogen and oxygen atoms in total. The molecular formula is C13H24N6O2. The number of nitrogens with one attached hydrogen (secondary N) is 1. The fourth-order valence-corrected chi connectivity index (χ4v) is 2.21. The predicted octanol–water partition coefficient (Wildman–Crippen LogP) is -0.0414. The number of hydrogen-bond acceptors (Lipinski definition) is 8. The summed E-state index contributed by atoms with van der Waals surface area (Å²) < 4.78 is 5.36. The predicted molar refractivity (Wildman–Crippen MR) is 82.0 cm³/mol. The zero-order chi connectivity index (χ0) is 15.1. The Bertz CT molecular complexity index is 433. The highest BCUT2D eigenvalue weighted by Crippen LogP contribution is 2.17. The molecule has 2 heterocycles. The molecule has 21 heavy (non-hydrogen) atoms. The van der Waals surface area contributed by atoms with Crippen molar-refractivity contribution in [1.29, 1.82) is 0 Å². The summed E-state index contributed by atoms with van der Waals surface area (Å²) in [4.78, 5) is 17.5. The molecule has 0 amide bonds. The second-order valence-corrected chi connectivity index (χ2v) is 4.82. The van der Waals surface area contributed by atoms with Gasteiger partial charge in [-0.05, 0) is 6.42 Å². The van der Waals surface area contributed by atoms with Crippen LogP contribution in [-0.4, -0.2) is 73.1 Å². The largest absolute Gasteiger partial charge is 0.395 e. The van der Waals surface area contributed by atoms with Crippen molar-refractivity contribution in [1.82, 2.24) is 15.0 Å². The number of rotatable bonds is 7. The van der Waals surface area contributed by atoms with E-state index in [-0.39, 0.29) is 6.61 Å². The highest BCUT2D eigenvalue weighted by atomic mass is 16.5. The Kier molecular flexibility index (Phi) is 5.94. The van der Waals surface area contributed by atoms with E-state index in [4.69, 9.17) is 4.74 Å². The van der Waals surface area contributed by atoms with Crippen LogP contribution in [0.25, 0.3) is 0 Å². The standard InChI is InChI=1S/C13H24N6O2/c1-3-4-18(5-8-20)12-15-11(14-2)16-13(17-12)19-6-9-21-10-7-19/h20H,3-10H2,1-2H3,(H,14,15,16,17). The normalized spacial score (nSPS) is 15.1. The zero-order valence-electron chi connectivity index (χ0n) is 12.7. The highest BCUT2D eigenvalue weighted by Gasteiger charge is 2.18. The van der Waals surface area contributed by atoms with Crippen LogP contribution in [0.1, 0.15) is 13.3 Å². The molecule has 1 fully saturated rings. The van der Waals surface area contributed by atoms with E-state index >= 15 is 0 Å². The van der Waals surface area contributed by atoms with Gasteiger partial charge in [-0.15, -0.1) is 0 Å². The topological polar surface area (TPSA) is 86.6 Å². The van der Waals surface area contributed by atoms with E-state index in [1.807, 2.05) is 4.90 Å². The molecule has 0 unspecified atom stereocenters. The maximum Gasteiger partial charge on any atom is 0.232 e. The lowest BCUT2D eigenvalue weighted by Crippen LogP contribution is -2.38. The molecule has 118 valence electrons. The van der Waals surface area contributed by atoms with E-state index in [2.05, 4.69) is 32.1 Å². The lowest BCUT2D eigenvalue weighted by molar-refractivity contribution is 0.122. The van der Waals surface area contributed by atoms with Crippen molar-refractivity contribution in [2.24, 2.45) is 0 Å². The average Bonchev–Trinajstić information content (AvgIpc) is 2.55. The van der Waals surface area contributed by atoms with Gasteiger partial charge in [0.1, 0.15) is 0 Å². The highest BCUT2D eigenvalue weighted by molar-refractivity contribution is 5.45. The minimum absolute atomic E-state index is 0.0768. The molecule has 1 aliphatic rings. The first kappa shape index (κ1) is 15.7. The van der Waals surface area contributed by atoms with E-state index in [1.165, 1.54) is 0 Å². The Balaban J connectivity index is 2.26. The maximum absolute atomic E-state index is 9.21. The Morgan fingerprint density at radius 3 is 2.62 bits per heavy atom. The minimum Gasteiger partial charge on any atom is -0.395 e. The van der Waals surface area contributed by atoms with Gasteiger partial charge >= 0.3 is 0 Å². The van der Waals surface area contributed by atoms with Crippen LogP contribution in [0.3, 0.4) is 0 Å². The number of anilines is 3. The molecule has 1 saturated heterocycles. The Labute approximate surface area is 125 Å². The summed E-state index contributed by atoms with van der Waals surface area (Å²) in [6.07, 6.45) is 0.966. The van der Waals surface area contributed by atoms with Gasteiger partial charge in [0.05, 0.1) is 19.8 Å². The van der Waals surface area contributed by atoms with E-state index < -0.39 is 0 Å². The number of nitrogens with zero attached hydrogens (tertiary/aromatic N) is 5. The molecule has 0 atom stereocenters. The van der Waals surface area contributed by atoms with Gasteiger partial charge in [-0.1, -0.05) is 6.92 Å². The summed E-state index contributed by atoms with van der Waals surface area (Å²) in [5.41, 5.74) is 0. The van der Waals surface area contributed by atoms with E-state index in [0.717, 1.165) is 26.1 Å². The van der Waals surface area contributed by atoms with Crippen molar-refractivity contribution in [2.75, 3.05) is 68.2 Å². The molecule has 2 rings (SSSR count). The van der Waals surface area contributed by atoms with E-state index in [9.17, 15) is 5.11 Å². The monoisotopic (exact) mass is 296 g/mol. The summed E-state index contributed by atoms with van der Waals surface area (Å²) in [7, 11) is 1.79. The molecular weight excluding hydrogens is 272 g/mol. The quantitative estimate of drug-likeness (QED) is 0.725. The third-order valence-electron chi connectivity index (χ3n) is 3.28. The lowest BCUT2D eigenvalue weighted by atomic mass is 10.4. The first-order valence-corrected chi connectivity index (χ1v) is 7.40. The average molecular weight is 296 g/mol. The van der Waals surface area contributed by atoms with Gasteiger partial charge in [0, 0.05) is 33.2 Å². The van der Waals surface area contributed by atoms with Crippen LogP contribution in [0.2, 0.25) is 0 Å². The first-order chi connectivity index (χ1) is 10.3. The van der Waals surface area contributed by atoms with Crippen LogP contribution in [0, 0.1) is 0 Å². The Morgan fingerprint density at radius 1 is 1.24 bits per heavy atom. The van der Waals surface area contributed by atoms with Crippen LogP contribution in [0.5, 0.6) is 0 Å². The second-order valence-electron chi connectivity index (χ2n) is 4.82. The van der Waals surface area contributed by atoms with Crippen LogP contribution >= 0.6 is 0 Å². The van der Waals surface area contributed by atoms with Gasteiger partial charge < -0.3 is 25.0 Å². The van der Waals surface area contributed by atoms with Crippen molar-refractivity contribution in [3.63, 3.8) is 0 Å². The van der Waals surface area contributed by atoms with Crippen molar-refractivity contribution in [3.05, 3.63) is 0 Å². The number of aromatic nitrogens is 3. The Morgan fingerprint density at radius 2 is 2.00 bits per heavy atom. The van der Waals surface area contributed by atoms with Gasteiger partial charge in [-0.3, -0.25) is 0 Å². The van der Waals surface area contributed by atoms with Crippen LogP contribution < -0.4 is 15.1 Å². The lowest BCUT2D eigenvalue weighted by Gasteiger charge is -2.28. The summed E-state index contributed by atoms with van der Waals surface area (Å²) in [5, 5.41) is 12.2. The van der Waals surface area contributed by atoms with Crippen molar-refractivity contribution in [3.8, 4) is 0 Å². The van der Waals surface area contributed by atoms with E-state index in [0.29, 0.717) is 37.6 Å². The number of hydrogen-bond donors (Lipinski definition) is 2. The molecule has 0 spiro atoms. The minimum atomic E-state index is 0.0768. The van der Waals surface area contributed by atoms with Crippen LogP contribution in [0.15, 0.2) is 0 Å². The van der Waals surface area contributed by atoms with Gasteiger partial charge in [0.2, 0.25) is 17.8 Å². The fraction of sp³-hybridized carbons (Fsp3) is 0.769. The molecule has 1 aromatic rings.